The van der Waals surface area contributed by atoms with Crippen LogP contribution in [-0.2, 0) is 10.0 Å². The molecule has 0 aliphatic heterocycles. The molecule has 5 nitrogen and oxygen atoms in total. The third-order valence-corrected chi connectivity index (χ3v) is 6.49. The van der Waals surface area contributed by atoms with Gasteiger partial charge in [-0.2, -0.15) is 0 Å². The van der Waals surface area contributed by atoms with Crippen molar-refractivity contribution >= 4 is 27.5 Å². The molecule has 21 heavy (non-hydrogen) atoms. The predicted octanol–water partition coefficient (Wildman–Crippen LogP) is 1.59. The number of aliphatic hydroxyl groups excluding tert-OH is 1. The van der Waals surface area contributed by atoms with Gasteiger partial charge in [0.05, 0.1) is 17.9 Å². The van der Waals surface area contributed by atoms with E-state index in [1.165, 1.54) is 11.8 Å². The highest BCUT2D eigenvalue weighted by molar-refractivity contribution is 8.00. The van der Waals surface area contributed by atoms with Crippen molar-refractivity contribution in [2.24, 2.45) is 0 Å². The Kier molecular flexibility index (Phi) is 5.54. The topological polar surface area (TPSA) is 92.4 Å². The zero-order valence-electron chi connectivity index (χ0n) is 11.9. The Morgan fingerprint density at radius 1 is 1.24 bits per heavy atom. The third-order valence-electron chi connectivity index (χ3n) is 3.74. The van der Waals surface area contributed by atoms with Crippen molar-refractivity contribution in [1.82, 2.24) is 4.72 Å². The lowest BCUT2D eigenvalue weighted by molar-refractivity contribution is 0.185. The molecule has 0 spiro atoms. The van der Waals surface area contributed by atoms with Gasteiger partial charge in [-0.25, -0.2) is 13.1 Å². The molecule has 2 rings (SSSR count). The molecule has 0 aromatic heterocycles. The minimum absolute atomic E-state index is 0.0454. The second kappa shape index (κ2) is 7.00. The molecule has 0 atom stereocenters. The van der Waals surface area contributed by atoms with Gasteiger partial charge in [-0.3, -0.25) is 0 Å². The van der Waals surface area contributed by atoms with Crippen molar-refractivity contribution in [3.8, 4) is 0 Å². The molecule has 0 bridgehead atoms. The van der Waals surface area contributed by atoms with Gasteiger partial charge in [0.1, 0.15) is 0 Å². The zero-order valence-corrected chi connectivity index (χ0v) is 13.5. The van der Waals surface area contributed by atoms with Crippen molar-refractivity contribution in [3.63, 3.8) is 0 Å². The van der Waals surface area contributed by atoms with E-state index >= 15 is 0 Å². The summed E-state index contributed by atoms with van der Waals surface area (Å²) in [4.78, 5) is 0.997. The lowest BCUT2D eigenvalue weighted by atomic mass is 10.0. The number of nitrogen functional groups attached to an aromatic ring is 1. The van der Waals surface area contributed by atoms with Crippen molar-refractivity contribution in [1.29, 1.82) is 0 Å². The van der Waals surface area contributed by atoms with Crippen LogP contribution in [0.4, 0.5) is 5.69 Å². The highest BCUT2D eigenvalue weighted by Crippen LogP contribution is 2.30. The van der Waals surface area contributed by atoms with Gasteiger partial charge in [0.15, 0.2) is 0 Å². The number of hydrogen-bond acceptors (Lipinski definition) is 5. The molecular weight excluding hydrogens is 308 g/mol. The number of rotatable bonds is 7. The normalized spacial score (nSPS) is 18.0. The summed E-state index contributed by atoms with van der Waals surface area (Å²) in [6.07, 6.45) is 3.36. The predicted molar refractivity (Wildman–Crippen MR) is 86.8 cm³/mol. The highest BCUT2D eigenvalue weighted by Gasteiger charge is 2.36. The molecule has 0 unspecified atom stereocenters. The minimum Gasteiger partial charge on any atom is -0.399 e. The number of anilines is 1. The molecule has 118 valence electrons. The van der Waals surface area contributed by atoms with Crippen LogP contribution in [0.1, 0.15) is 25.7 Å². The van der Waals surface area contributed by atoms with Crippen LogP contribution in [0, 0.1) is 0 Å². The fraction of sp³-hybridized carbons (Fsp3) is 0.571. The van der Waals surface area contributed by atoms with Crippen LogP contribution in [0.25, 0.3) is 0 Å². The quantitative estimate of drug-likeness (QED) is 0.521. The van der Waals surface area contributed by atoms with E-state index in [9.17, 15) is 13.5 Å². The van der Waals surface area contributed by atoms with Gasteiger partial charge in [0.2, 0.25) is 10.0 Å². The Bertz CT molecular complexity index is 552. The Labute approximate surface area is 130 Å². The molecule has 0 heterocycles. The summed E-state index contributed by atoms with van der Waals surface area (Å²) in [5.41, 5.74) is 5.67. The first kappa shape index (κ1) is 16.6. The maximum absolute atomic E-state index is 12.1. The van der Waals surface area contributed by atoms with E-state index in [4.69, 9.17) is 5.73 Å². The maximum atomic E-state index is 12.1. The lowest BCUT2D eigenvalue weighted by Gasteiger charge is -2.27. The molecule has 7 heteroatoms. The Morgan fingerprint density at radius 2 is 1.86 bits per heavy atom. The number of thioether (sulfide) groups is 1. The van der Waals surface area contributed by atoms with Gasteiger partial charge in [-0.05, 0) is 37.1 Å². The van der Waals surface area contributed by atoms with Crippen LogP contribution in [0.2, 0.25) is 0 Å². The number of sulfonamides is 1. The Morgan fingerprint density at radius 3 is 2.43 bits per heavy atom. The first-order chi connectivity index (χ1) is 9.95. The van der Waals surface area contributed by atoms with Crippen LogP contribution >= 0.6 is 11.8 Å². The van der Waals surface area contributed by atoms with E-state index in [-0.39, 0.29) is 12.4 Å². The summed E-state index contributed by atoms with van der Waals surface area (Å²) in [6, 6.07) is 7.36. The number of hydrogen-bond donors (Lipinski definition) is 3. The SMILES string of the molecule is Nc1ccc(SCCS(=O)(=O)NC2(CO)CCCC2)cc1. The summed E-state index contributed by atoms with van der Waals surface area (Å²) >= 11 is 1.48. The fourth-order valence-electron chi connectivity index (χ4n) is 2.56. The molecule has 0 amide bonds. The average molecular weight is 330 g/mol. The van der Waals surface area contributed by atoms with E-state index < -0.39 is 15.6 Å². The van der Waals surface area contributed by atoms with Crippen LogP contribution in [-0.4, -0.2) is 37.2 Å². The first-order valence-electron chi connectivity index (χ1n) is 7.06. The molecule has 1 saturated carbocycles. The van der Waals surface area contributed by atoms with Gasteiger partial charge in [-0.15, -0.1) is 11.8 Å². The summed E-state index contributed by atoms with van der Waals surface area (Å²) in [7, 11) is -3.37. The van der Waals surface area contributed by atoms with Gasteiger partial charge in [0.25, 0.3) is 0 Å². The van der Waals surface area contributed by atoms with Gasteiger partial charge >= 0.3 is 0 Å². The van der Waals surface area contributed by atoms with Crippen LogP contribution < -0.4 is 10.5 Å². The summed E-state index contributed by atoms with van der Waals surface area (Å²) < 4.78 is 27.0. The van der Waals surface area contributed by atoms with Crippen LogP contribution in [0.15, 0.2) is 29.2 Å². The molecule has 1 aromatic carbocycles. The van der Waals surface area contributed by atoms with Crippen LogP contribution in [0.5, 0.6) is 0 Å². The average Bonchev–Trinajstić information content (AvgIpc) is 2.89. The van der Waals surface area contributed by atoms with Gasteiger partial charge < -0.3 is 10.8 Å². The molecule has 4 N–H and O–H groups in total. The standard InChI is InChI=1S/C14H22N2O3S2/c15-12-3-5-13(6-4-12)20-9-10-21(18,19)16-14(11-17)7-1-2-8-14/h3-6,16-17H,1-2,7-11,15H2. The summed E-state index contributed by atoms with van der Waals surface area (Å²) in [5, 5.41) is 9.47. The van der Waals surface area contributed by atoms with Crippen molar-refractivity contribution in [2.75, 3.05) is 23.8 Å². The van der Waals surface area contributed by atoms with Crippen molar-refractivity contribution in [3.05, 3.63) is 24.3 Å². The zero-order chi connectivity index (χ0) is 15.3. The molecule has 0 saturated heterocycles. The Hall–Kier alpha value is -0.760. The summed E-state index contributed by atoms with van der Waals surface area (Å²) in [5.74, 6) is 0.518. The van der Waals surface area contributed by atoms with Gasteiger partial charge in [-0.1, -0.05) is 12.8 Å². The fourth-order valence-corrected chi connectivity index (χ4v) is 5.36. The number of aliphatic hydroxyl groups is 1. The van der Waals surface area contributed by atoms with E-state index in [2.05, 4.69) is 4.72 Å². The van der Waals surface area contributed by atoms with E-state index in [1.54, 1.807) is 12.1 Å². The molecule has 1 fully saturated rings. The van der Waals surface area contributed by atoms with Crippen LogP contribution in [0.3, 0.4) is 0 Å². The molecule has 1 aliphatic carbocycles. The highest BCUT2D eigenvalue weighted by atomic mass is 32.2. The van der Waals surface area contributed by atoms with Gasteiger partial charge in [0, 0.05) is 16.3 Å². The maximum Gasteiger partial charge on any atom is 0.213 e. The van der Waals surface area contributed by atoms with Crippen molar-refractivity contribution in [2.45, 2.75) is 36.1 Å². The lowest BCUT2D eigenvalue weighted by Crippen LogP contribution is -2.50. The largest absolute Gasteiger partial charge is 0.399 e. The molecule has 0 radical (unpaired) electrons. The van der Waals surface area contributed by atoms with E-state index in [0.717, 1.165) is 17.7 Å². The second-order valence-electron chi connectivity index (χ2n) is 5.48. The summed E-state index contributed by atoms with van der Waals surface area (Å²) in [6.45, 7) is -0.128. The number of nitrogens with one attached hydrogen (secondary N) is 1. The molecular formula is C14H22N2O3S2. The Balaban J connectivity index is 1.85. The van der Waals surface area contributed by atoms with Crippen molar-refractivity contribution < 1.29 is 13.5 Å². The van der Waals surface area contributed by atoms with E-state index in [0.29, 0.717) is 24.3 Å². The first-order valence-corrected chi connectivity index (χ1v) is 9.69. The second-order valence-corrected chi connectivity index (χ2v) is 8.49. The monoisotopic (exact) mass is 330 g/mol. The minimum atomic E-state index is -3.37. The third kappa shape index (κ3) is 4.88. The number of benzene rings is 1. The molecule has 1 aliphatic rings. The molecule has 1 aromatic rings. The number of nitrogens with two attached hydrogens (primary N) is 1. The van der Waals surface area contributed by atoms with E-state index in [1.807, 2.05) is 12.1 Å². The smallest absolute Gasteiger partial charge is 0.213 e.